The second-order valence-corrected chi connectivity index (χ2v) is 2.10. The molecule has 1 fully saturated rings. The Balaban J connectivity index is 2.29. The van der Waals surface area contributed by atoms with Gasteiger partial charge in [0.05, 0.1) is 13.2 Å². The molecule has 0 amide bonds. The second kappa shape index (κ2) is 2.07. The summed E-state index contributed by atoms with van der Waals surface area (Å²) in [5, 5.41) is 0. The van der Waals surface area contributed by atoms with Gasteiger partial charge >= 0.3 is 0 Å². The maximum atomic E-state index is 4.97. The van der Waals surface area contributed by atoms with E-state index in [1.165, 1.54) is 0 Å². The highest BCUT2D eigenvalue weighted by atomic mass is 16.7. The summed E-state index contributed by atoms with van der Waals surface area (Å²) >= 11 is 0. The maximum absolute atomic E-state index is 4.97. The van der Waals surface area contributed by atoms with Gasteiger partial charge in [0, 0.05) is 5.92 Å². The van der Waals surface area contributed by atoms with E-state index in [1.54, 1.807) is 0 Å². The van der Waals surface area contributed by atoms with E-state index in [1.807, 2.05) is 0 Å². The van der Waals surface area contributed by atoms with Crippen LogP contribution in [0.15, 0.2) is 12.5 Å². The van der Waals surface area contributed by atoms with E-state index in [4.69, 9.17) is 9.47 Å². The Morgan fingerprint density at radius 2 is 2.00 bits per heavy atom. The molecule has 0 radical (unpaired) electrons. The normalized spacial score (nSPS) is 21.9. The molecule has 1 heterocycles. The number of rotatable bonds is 0. The molecule has 46 valence electrons. The van der Waals surface area contributed by atoms with Crippen LogP contribution in [0.25, 0.3) is 0 Å². The van der Waals surface area contributed by atoms with Crippen molar-refractivity contribution in [1.29, 1.82) is 0 Å². The van der Waals surface area contributed by atoms with E-state index in [2.05, 4.69) is 13.5 Å². The Bertz CT molecular complexity index is 88.7. The Kier molecular flexibility index (Phi) is 1.42. The number of ether oxygens (including phenoxy) is 2. The molecule has 1 aliphatic rings. The smallest absolute Gasteiger partial charge is 0.271 e. The van der Waals surface area contributed by atoms with E-state index < -0.39 is 0 Å². The van der Waals surface area contributed by atoms with Crippen molar-refractivity contribution in [3.8, 4) is 0 Å². The van der Waals surface area contributed by atoms with Crippen LogP contribution in [0.3, 0.4) is 0 Å². The van der Waals surface area contributed by atoms with Gasteiger partial charge in [0.1, 0.15) is 0 Å². The Labute approximate surface area is 49.1 Å². The summed E-state index contributed by atoms with van der Waals surface area (Å²) < 4.78 is 9.95. The zero-order valence-corrected chi connectivity index (χ0v) is 5.02. The van der Waals surface area contributed by atoms with Gasteiger partial charge in [0.25, 0.3) is 5.95 Å². The van der Waals surface area contributed by atoms with Gasteiger partial charge in [0.2, 0.25) is 0 Å². The first-order valence-electron chi connectivity index (χ1n) is 2.73. The Morgan fingerprint density at radius 3 is 2.38 bits per heavy atom. The van der Waals surface area contributed by atoms with E-state index in [9.17, 15) is 0 Å². The molecule has 0 saturated carbocycles. The van der Waals surface area contributed by atoms with Crippen LogP contribution < -0.4 is 0 Å². The third kappa shape index (κ3) is 1.15. The Hall–Kier alpha value is -0.660. The average molecular weight is 114 g/mol. The topological polar surface area (TPSA) is 18.5 Å². The average Bonchev–Trinajstić information content (AvgIpc) is 1.77. The standard InChI is InChI=1S/C6H10O2/c1-5-3-7-6(2)8-4-5/h5H,2-4H2,1H3. The summed E-state index contributed by atoms with van der Waals surface area (Å²) in [5.41, 5.74) is 0. The zero-order valence-electron chi connectivity index (χ0n) is 5.02. The van der Waals surface area contributed by atoms with Gasteiger partial charge in [-0.05, 0) is 6.58 Å². The van der Waals surface area contributed by atoms with Crippen LogP contribution in [0, 0.1) is 5.92 Å². The highest BCUT2D eigenvalue weighted by Crippen LogP contribution is 2.10. The molecule has 0 aliphatic carbocycles. The van der Waals surface area contributed by atoms with Gasteiger partial charge in [-0.2, -0.15) is 0 Å². The molecule has 2 nitrogen and oxygen atoms in total. The third-order valence-electron chi connectivity index (χ3n) is 1.06. The minimum absolute atomic E-state index is 0.461. The fraction of sp³-hybridized carbons (Fsp3) is 0.667. The summed E-state index contributed by atoms with van der Waals surface area (Å²) in [6.07, 6.45) is 0. The van der Waals surface area contributed by atoms with E-state index in [0.717, 1.165) is 13.2 Å². The lowest BCUT2D eigenvalue weighted by Crippen LogP contribution is -2.19. The van der Waals surface area contributed by atoms with Crippen molar-refractivity contribution in [1.82, 2.24) is 0 Å². The highest BCUT2D eigenvalue weighted by molar-refractivity contribution is 4.73. The predicted octanol–water partition coefficient (Wildman–Crippen LogP) is 1.14. The molecule has 0 spiro atoms. The first kappa shape index (κ1) is 5.48. The largest absolute Gasteiger partial charge is 0.465 e. The SMILES string of the molecule is C=C1OCC(C)CO1. The number of hydrogen-bond donors (Lipinski definition) is 0. The summed E-state index contributed by atoms with van der Waals surface area (Å²) in [6, 6.07) is 0. The van der Waals surface area contributed by atoms with Crippen molar-refractivity contribution in [3.63, 3.8) is 0 Å². The molecule has 1 aliphatic heterocycles. The molecule has 1 rings (SSSR count). The molecular formula is C6H10O2. The van der Waals surface area contributed by atoms with Crippen molar-refractivity contribution in [3.05, 3.63) is 12.5 Å². The van der Waals surface area contributed by atoms with Crippen molar-refractivity contribution in [2.75, 3.05) is 13.2 Å². The highest BCUT2D eigenvalue weighted by Gasteiger charge is 2.10. The fourth-order valence-corrected chi connectivity index (χ4v) is 0.560. The molecule has 0 bridgehead atoms. The van der Waals surface area contributed by atoms with Crippen LogP contribution >= 0.6 is 0 Å². The summed E-state index contributed by atoms with van der Waals surface area (Å²) in [4.78, 5) is 0. The van der Waals surface area contributed by atoms with Crippen molar-refractivity contribution in [2.24, 2.45) is 5.92 Å². The lowest BCUT2D eigenvalue weighted by Gasteiger charge is -2.21. The van der Waals surface area contributed by atoms with Gasteiger partial charge in [-0.15, -0.1) is 0 Å². The van der Waals surface area contributed by atoms with Crippen LogP contribution in [0.1, 0.15) is 6.92 Å². The van der Waals surface area contributed by atoms with Crippen LogP contribution in [0.5, 0.6) is 0 Å². The van der Waals surface area contributed by atoms with Crippen LogP contribution in [-0.2, 0) is 9.47 Å². The summed E-state index contributed by atoms with van der Waals surface area (Å²) in [6.45, 7) is 7.08. The molecule has 2 heteroatoms. The number of hydrogen-bond acceptors (Lipinski definition) is 2. The second-order valence-electron chi connectivity index (χ2n) is 2.10. The van der Waals surface area contributed by atoms with E-state index in [-0.39, 0.29) is 0 Å². The first-order valence-corrected chi connectivity index (χ1v) is 2.73. The molecule has 0 aromatic heterocycles. The molecule has 8 heavy (non-hydrogen) atoms. The van der Waals surface area contributed by atoms with E-state index >= 15 is 0 Å². The lowest BCUT2D eigenvalue weighted by atomic mass is 10.2. The predicted molar refractivity (Wildman–Crippen MR) is 30.2 cm³/mol. The molecule has 1 saturated heterocycles. The molecule has 0 aromatic rings. The molecule has 0 aromatic carbocycles. The minimum atomic E-state index is 0.461. The molecule has 0 unspecified atom stereocenters. The van der Waals surface area contributed by atoms with Crippen molar-refractivity contribution >= 4 is 0 Å². The van der Waals surface area contributed by atoms with Crippen LogP contribution in [-0.4, -0.2) is 13.2 Å². The van der Waals surface area contributed by atoms with Crippen LogP contribution in [0.4, 0.5) is 0 Å². The van der Waals surface area contributed by atoms with Gasteiger partial charge < -0.3 is 9.47 Å². The molecular weight excluding hydrogens is 104 g/mol. The van der Waals surface area contributed by atoms with E-state index in [0.29, 0.717) is 11.9 Å². The maximum Gasteiger partial charge on any atom is 0.271 e. The van der Waals surface area contributed by atoms with Gasteiger partial charge in [0.15, 0.2) is 0 Å². The fourth-order valence-electron chi connectivity index (χ4n) is 0.560. The first-order chi connectivity index (χ1) is 3.79. The molecule has 0 N–H and O–H groups in total. The van der Waals surface area contributed by atoms with Crippen LogP contribution in [0.2, 0.25) is 0 Å². The minimum Gasteiger partial charge on any atom is -0.465 e. The van der Waals surface area contributed by atoms with Crippen molar-refractivity contribution < 1.29 is 9.47 Å². The van der Waals surface area contributed by atoms with Gasteiger partial charge in [-0.25, -0.2) is 0 Å². The summed E-state index contributed by atoms with van der Waals surface area (Å²) in [5.74, 6) is 0.976. The molecule has 0 atom stereocenters. The quantitative estimate of drug-likeness (QED) is 0.470. The van der Waals surface area contributed by atoms with Crippen molar-refractivity contribution in [2.45, 2.75) is 6.92 Å². The van der Waals surface area contributed by atoms with Gasteiger partial charge in [-0.3, -0.25) is 0 Å². The van der Waals surface area contributed by atoms with Gasteiger partial charge in [-0.1, -0.05) is 6.92 Å². The third-order valence-corrected chi connectivity index (χ3v) is 1.06. The lowest BCUT2D eigenvalue weighted by molar-refractivity contribution is -0.0434. The Morgan fingerprint density at radius 1 is 1.50 bits per heavy atom. The summed E-state index contributed by atoms with van der Waals surface area (Å²) in [7, 11) is 0. The monoisotopic (exact) mass is 114 g/mol. The zero-order chi connectivity index (χ0) is 5.98.